The Morgan fingerprint density at radius 1 is 0.808 bits per heavy atom. The van der Waals surface area contributed by atoms with Gasteiger partial charge in [-0.1, -0.05) is 61.5 Å². The van der Waals surface area contributed by atoms with Crippen molar-refractivity contribution >= 4 is 0 Å². The van der Waals surface area contributed by atoms with Crippen LogP contribution >= 0.6 is 0 Å². The Bertz CT molecular complexity index is 835. The molecule has 132 valence electrons. The van der Waals surface area contributed by atoms with Crippen molar-refractivity contribution in [3.05, 3.63) is 72.6 Å². The maximum absolute atomic E-state index is 4.61. The van der Waals surface area contributed by atoms with Crippen LogP contribution < -0.4 is 0 Å². The van der Waals surface area contributed by atoms with E-state index in [-0.39, 0.29) is 0 Å². The van der Waals surface area contributed by atoms with Crippen molar-refractivity contribution in [1.29, 1.82) is 0 Å². The molecule has 3 heteroatoms. The number of hydrogen-bond donors (Lipinski definition) is 0. The Labute approximate surface area is 155 Å². The van der Waals surface area contributed by atoms with Gasteiger partial charge in [-0.15, -0.1) is 0 Å². The summed E-state index contributed by atoms with van der Waals surface area (Å²) in [5.74, 6) is 0.877. The number of piperidine rings is 1. The summed E-state index contributed by atoms with van der Waals surface area (Å²) < 4.78 is 0. The van der Waals surface area contributed by atoms with Crippen molar-refractivity contribution in [2.75, 3.05) is 13.1 Å². The second-order valence-corrected chi connectivity index (χ2v) is 7.28. The Morgan fingerprint density at radius 2 is 1.38 bits per heavy atom. The second-order valence-electron chi connectivity index (χ2n) is 7.28. The molecule has 0 spiro atoms. The van der Waals surface area contributed by atoms with Crippen molar-refractivity contribution in [1.82, 2.24) is 14.9 Å². The Morgan fingerprint density at radius 3 is 2.00 bits per heavy atom. The van der Waals surface area contributed by atoms with Crippen molar-refractivity contribution in [3.8, 4) is 22.5 Å². The first kappa shape index (κ1) is 16.9. The van der Waals surface area contributed by atoms with Gasteiger partial charge in [-0.05, 0) is 37.4 Å². The van der Waals surface area contributed by atoms with E-state index in [2.05, 4.69) is 58.2 Å². The van der Waals surface area contributed by atoms with Crippen LogP contribution in [-0.4, -0.2) is 28.0 Å². The van der Waals surface area contributed by atoms with E-state index in [4.69, 9.17) is 0 Å². The third-order valence-corrected chi connectivity index (χ3v) is 5.26. The predicted octanol–water partition coefficient (Wildman–Crippen LogP) is 5.04. The lowest BCUT2D eigenvalue weighted by molar-refractivity contribution is 0.185. The fourth-order valence-electron chi connectivity index (χ4n) is 3.60. The average Bonchev–Trinajstić information content (AvgIpc) is 2.71. The van der Waals surface area contributed by atoms with Gasteiger partial charge in [0.1, 0.15) is 0 Å². The van der Waals surface area contributed by atoms with Crippen molar-refractivity contribution < 1.29 is 0 Å². The highest BCUT2D eigenvalue weighted by atomic mass is 15.1. The largest absolute Gasteiger partial charge is 0.299 e. The van der Waals surface area contributed by atoms with E-state index < -0.39 is 0 Å². The topological polar surface area (TPSA) is 29.0 Å². The fraction of sp³-hybridized carbons (Fsp3) is 0.304. The van der Waals surface area contributed by atoms with E-state index in [1.807, 2.05) is 18.2 Å². The van der Waals surface area contributed by atoms with Crippen LogP contribution in [0.4, 0.5) is 0 Å². The summed E-state index contributed by atoms with van der Waals surface area (Å²) in [7, 11) is 0. The first-order valence-electron chi connectivity index (χ1n) is 9.48. The van der Waals surface area contributed by atoms with Gasteiger partial charge in [0.15, 0.2) is 0 Å². The minimum atomic E-state index is 0.877. The van der Waals surface area contributed by atoms with E-state index in [0.29, 0.717) is 0 Å². The quantitative estimate of drug-likeness (QED) is 0.664. The first-order chi connectivity index (χ1) is 12.8. The van der Waals surface area contributed by atoms with Crippen molar-refractivity contribution in [2.45, 2.75) is 26.3 Å². The van der Waals surface area contributed by atoms with Gasteiger partial charge in [0, 0.05) is 30.1 Å². The van der Waals surface area contributed by atoms with Crippen LogP contribution in [0.15, 0.2) is 67.0 Å². The van der Waals surface area contributed by atoms with Gasteiger partial charge in [0.2, 0.25) is 0 Å². The lowest BCUT2D eigenvalue weighted by Gasteiger charge is -2.30. The highest BCUT2D eigenvalue weighted by Crippen LogP contribution is 2.28. The average molecular weight is 343 g/mol. The second kappa shape index (κ2) is 7.79. The number of likely N-dealkylation sites (tertiary alicyclic amines) is 1. The predicted molar refractivity (Wildman–Crippen MR) is 107 cm³/mol. The zero-order valence-corrected chi connectivity index (χ0v) is 15.3. The molecule has 0 unspecified atom stereocenters. The molecule has 0 radical (unpaired) electrons. The summed E-state index contributed by atoms with van der Waals surface area (Å²) in [6.45, 7) is 5.83. The fourth-order valence-corrected chi connectivity index (χ4v) is 3.60. The molecule has 1 aromatic heterocycles. The van der Waals surface area contributed by atoms with Gasteiger partial charge < -0.3 is 0 Å². The molecule has 2 heterocycles. The van der Waals surface area contributed by atoms with Gasteiger partial charge in [0.25, 0.3) is 0 Å². The Kier molecular flexibility index (Phi) is 5.07. The molecular weight excluding hydrogens is 318 g/mol. The molecule has 0 N–H and O–H groups in total. The van der Waals surface area contributed by atoms with E-state index in [0.717, 1.165) is 35.0 Å². The smallest absolute Gasteiger partial charge is 0.0965 e. The minimum Gasteiger partial charge on any atom is -0.299 e. The zero-order chi connectivity index (χ0) is 17.8. The van der Waals surface area contributed by atoms with Gasteiger partial charge in [-0.25, -0.2) is 0 Å². The van der Waals surface area contributed by atoms with Crippen LogP contribution in [0.3, 0.4) is 0 Å². The van der Waals surface area contributed by atoms with Gasteiger partial charge in [0.05, 0.1) is 11.4 Å². The molecule has 3 nitrogen and oxygen atoms in total. The highest BCUT2D eigenvalue weighted by molar-refractivity contribution is 5.77. The molecule has 1 fully saturated rings. The van der Waals surface area contributed by atoms with Gasteiger partial charge in [-0.2, -0.15) is 0 Å². The molecule has 1 saturated heterocycles. The SMILES string of the molecule is CC1CCN(Cc2ccc(-c3nccnc3-c3ccccc3)cc2)CC1. The third-order valence-electron chi connectivity index (χ3n) is 5.26. The summed E-state index contributed by atoms with van der Waals surface area (Å²) in [5, 5.41) is 0. The lowest BCUT2D eigenvalue weighted by Crippen LogP contribution is -2.32. The molecule has 0 saturated carbocycles. The highest BCUT2D eigenvalue weighted by Gasteiger charge is 2.16. The van der Waals surface area contributed by atoms with Crippen molar-refractivity contribution in [2.24, 2.45) is 5.92 Å². The van der Waals surface area contributed by atoms with Gasteiger partial charge in [-0.3, -0.25) is 14.9 Å². The maximum Gasteiger partial charge on any atom is 0.0965 e. The molecule has 4 rings (SSSR count). The number of nitrogens with zero attached hydrogens (tertiary/aromatic N) is 3. The lowest BCUT2D eigenvalue weighted by atomic mass is 9.98. The van der Waals surface area contributed by atoms with Crippen LogP contribution in [0.1, 0.15) is 25.3 Å². The van der Waals surface area contributed by atoms with Crippen LogP contribution in [0.25, 0.3) is 22.5 Å². The van der Waals surface area contributed by atoms with Crippen LogP contribution in [-0.2, 0) is 6.54 Å². The number of hydrogen-bond acceptors (Lipinski definition) is 3. The first-order valence-corrected chi connectivity index (χ1v) is 9.48. The zero-order valence-electron chi connectivity index (χ0n) is 15.3. The van der Waals surface area contributed by atoms with E-state index in [9.17, 15) is 0 Å². The van der Waals surface area contributed by atoms with E-state index >= 15 is 0 Å². The molecule has 0 aliphatic carbocycles. The summed E-state index contributed by atoms with van der Waals surface area (Å²) >= 11 is 0. The Hall–Kier alpha value is -2.52. The molecule has 0 bridgehead atoms. The van der Waals surface area contributed by atoms with Crippen LogP contribution in [0.5, 0.6) is 0 Å². The van der Waals surface area contributed by atoms with Crippen molar-refractivity contribution in [3.63, 3.8) is 0 Å². The maximum atomic E-state index is 4.61. The molecule has 3 aromatic rings. The Balaban J connectivity index is 1.54. The summed E-state index contributed by atoms with van der Waals surface area (Å²) in [4.78, 5) is 11.7. The van der Waals surface area contributed by atoms with E-state index in [1.165, 1.54) is 31.5 Å². The molecule has 1 aliphatic heterocycles. The monoisotopic (exact) mass is 343 g/mol. The number of aromatic nitrogens is 2. The molecule has 1 aliphatic rings. The molecular formula is C23H25N3. The third kappa shape index (κ3) is 3.83. The van der Waals surface area contributed by atoms with Gasteiger partial charge >= 0.3 is 0 Å². The van der Waals surface area contributed by atoms with Crippen LogP contribution in [0, 0.1) is 5.92 Å². The summed E-state index contributed by atoms with van der Waals surface area (Å²) in [5.41, 5.74) is 5.46. The molecule has 26 heavy (non-hydrogen) atoms. The normalized spacial score (nSPS) is 15.9. The van der Waals surface area contributed by atoms with Crippen LogP contribution in [0.2, 0.25) is 0 Å². The summed E-state index contributed by atoms with van der Waals surface area (Å²) in [6.07, 6.45) is 6.17. The summed E-state index contributed by atoms with van der Waals surface area (Å²) in [6, 6.07) is 19.1. The molecule has 0 amide bonds. The molecule has 2 aromatic carbocycles. The standard InChI is InChI=1S/C23H25N3/c1-18-11-15-26(16-12-18)17-19-7-9-21(10-8-19)23-22(24-13-14-25-23)20-5-3-2-4-6-20/h2-10,13-14,18H,11-12,15-17H2,1H3. The van der Waals surface area contributed by atoms with E-state index in [1.54, 1.807) is 12.4 Å². The molecule has 0 atom stereocenters. The number of benzene rings is 2. The minimum absolute atomic E-state index is 0.877. The number of rotatable bonds is 4.